The second-order valence-corrected chi connectivity index (χ2v) is 18.8. The normalized spacial score (nSPS) is 15.5. The van der Waals surface area contributed by atoms with Gasteiger partial charge in [-0.2, -0.15) is 13.2 Å². The molecule has 0 spiro atoms. The molecule has 1 fully saturated rings. The van der Waals surface area contributed by atoms with Gasteiger partial charge < -0.3 is 29.4 Å². The van der Waals surface area contributed by atoms with Crippen LogP contribution in [-0.4, -0.2) is 68.7 Å². The Hall–Kier alpha value is -4.66. The number of anilines is 2. The van der Waals surface area contributed by atoms with E-state index in [-0.39, 0.29) is 34.3 Å². The summed E-state index contributed by atoms with van der Waals surface area (Å²) in [5.41, 5.74) is -0.574. The van der Waals surface area contributed by atoms with Crippen molar-refractivity contribution in [2.24, 2.45) is 0 Å². The number of nitrogens with zero attached hydrogens (tertiary/aromatic N) is 2. The van der Waals surface area contributed by atoms with Crippen LogP contribution in [0.2, 0.25) is 10.1 Å². The van der Waals surface area contributed by atoms with Crippen LogP contribution < -0.4 is 30.5 Å². The lowest BCUT2D eigenvalue weighted by Gasteiger charge is -2.44. The zero-order chi connectivity index (χ0) is 39.4. The van der Waals surface area contributed by atoms with Gasteiger partial charge in [0, 0.05) is 18.8 Å². The van der Waals surface area contributed by atoms with Gasteiger partial charge in [0.25, 0.3) is 14.2 Å². The first-order valence-electron chi connectivity index (χ1n) is 17.4. The Balaban J connectivity index is 1.43. The predicted octanol–water partition coefficient (Wildman–Crippen LogP) is 8.35. The number of amides is 3. The number of nitrogens with one attached hydrogen (secondary N) is 2. The van der Waals surface area contributed by atoms with E-state index in [4.69, 9.17) is 25.5 Å². The number of pyridine rings is 1. The number of rotatable bonds is 11. The van der Waals surface area contributed by atoms with Crippen molar-refractivity contribution in [1.29, 1.82) is 0 Å². The molecule has 3 amide bonds. The number of carbonyl (C=O) groups excluding carboxylic acids is 2. The fraction of sp³-hybridized carbons (Fsp3) is 0.359. The fourth-order valence-electron chi connectivity index (χ4n) is 6.66. The van der Waals surface area contributed by atoms with Crippen LogP contribution in [0.1, 0.15) is 56.5 Å². The first-order valence-corrected chi connectivity index (χ1v) is 19.7. The van der Waals surface area contributed by atoms with Crippen molar-refractivity contribution < 1.29 is 41.1 Å². The first-order chi connectivity index (χ1) is 25.5. The Morgan fingerprint density at radius 3 is 2.19 bits per heavy atom. The number of aromatic nitrogens is 1. The van der Waals surface area contributed by atoms with Gasteiger partial charge >= 0.3 is 12.2 Å². The molecule has 1 saturated heterocycles. The molecule has 9 nitrogen and oxygen atoms in total. The first kappa shape index (κ1) is 40.5. The zero-order valence-electron chi connectivity index (χ0n) is 30.8. The topological polar surface area (TPSA) is 102 Å². The molecule has 0 bridgehead atoms. The molecule has 2 atom stereocenters. The number of hydrogen-bond donors (Lipinski definition) is 2. The molecule has 3 aromatic carbocycles. The molecule has 0 radical (unpaired) electrons. The molecule has 1 aliphatic heterocycles. The monoisotopic (exact) mass is 786 g/mol. The third-order valence-electron chi connectivity index (χ3n) is 9.48. The van der Waals surface area contributed by atoms with Gasteiger partial charge in [0.1, 0.15) is 16.6 Å². The number of carbonyl (C=O) groups is 2. The van der Waals surface area contributed by atoms with E-state index in [1.807, 2.05) is 36.4 Å². The number of likely N-dealkylation sites (tertiary alicyclic amines) is 1. The van der Waals surface area contributed by atoms with Crippen molar-refractivity contribution in [2.75, 3.05) is 30.9 Å². The highest BCUT2D eigenvalue weighted by Crippen LogP contribution is 2.38. The summed E-state index contributed by atoms with van der Waals surface area (Å²) in [7, 11) is -1.63. The molecule has 1 aliphatic rings. The van der Waals surface area contributed by atoms with E-state index in [2.05, 4.69) is 60.7 Å². The smallest absolute Gasteiger partial charge is 0.425 e. The number of methoxy groups -OCH3 is 1. The summed E-state index contributed by atoms with van der Waals surface area (Å²) >= 11 is 6.33. The van der Waals surface area contributed by atoms with Gasteiger partial charge in [0.05, 0.1) is 36.7 Å². The maximum atomic E-state index is 15.8. The lowest BCUT2D eigenvalue weighted by atomic mass is 10.1. The maximum Gasteiger partial charge on any atom is 0.425 e. The Kier molecular flexibility index (Phi) is 12.3. The minimum Gasteiger partial charge on any atom is -0.480 e. The van der Waals surface area contributed by atoms with Crippen molar-refractivity contribution in [1.82, 2.24) is 9.88 Å². The fourth-order valence-corrected chi connectivity index (χ4v) is 11.6. The van der Waals surface area contributed by atoms with Crippen LogP contribution in [0.25, 0.3) is 0 Å². The number of urea groups is 1. The minimum absolute atomic E-state index is 0.0128. The highest BCUT2D eigenvalue weighted by Gasteiger charge is 2.51. The SMILES string of the molecule is COc1ncc(C)c(NC(=O)c2cc(F)c(NC(=O)N3CCC[C@@H]3CO[Si](c3ccccc3)(c3ccccc3)C(C)(C)C)cc2O[C@@H](C)C(F)(F)F)c1Cl. The van der Waals surface area contributed by atoms with Gasteiger partial charge in [-0.25, -0.2) is 14.2 Å². The third-order valence-corrected chi connectivity index (χ3v) is 14.8. The molecule has 0 unspecified atom stereocenters. The molecule has 2 heterocycles. The number of benzene rings is 3. The van der Waals surface area contributed by atoms with Gasteiger partial charge in [-0.1, -0.05) is 93.0 Å². The molecule has 288 valence electrons. The molecular formula is C39H43ClF4N4O5Si. The Morgan fingerprint density at radius 2 is 1.63 bits per heavy atom. The second kappa shape index (κ2) is 16.4. The molecular weight excluding hydrogens is 744 g/mol. The quantitative estimate of drug-likeness (QED) is 0.117. The predicted molar refractivity (Wildman–Crippen MR) is 203 cm³/mol. The number of aryl methyl sites for hydroxylation is 1. The standard InChI is InChI=1S/C39H43ClF4N4O5Si/c1-24-22-45-36(51-6)33(40)34(24)47-35(49)29-20-30(41)31(21-32(29)53-25(2)39(42,43)44)46-37(50)48-19-13-14-26(48)23-52-54(38(3,4)5,27-15-9-7-10-16-27)28-17-11-8-12-18-28/h7-12,15-18,20-22,25-26H,13-14,19,23H2,1-6H3,(H,46,50)(H,45,47,49)/t25-,26+/m0/s1. The number of halogens is 5. The summed E-state index contributed by atoms with van der Waals surface area (Å²) in [6, 6.07) is 20.6. The van der Waals surface area contributed by atoms with Gasteiger partial charge in [-0.15, -0.1) is 0 Å². The highest BCUT2D eigenvalue weighted by atomic mass is 35.5. The van der Waals surface area contributed by atoms with Gasteiger partial charge in [-0.3, -0.25) is 4.79 Å². The summed E-state index contributed by atoms with van der Waals surface area (Å²) < 4.78 is 74.1. The summed E-state index contributed by atoms with van der Waals surface area (Å²) in [6.45, 7) is 9.31. The molecule has 2 N–H and O–H groups in total. The number of alkyl halides is 3. The van der Waals surface area contributed by atoms with Gasteiger partial charge in [-0.05, 0) is 53.7 Å². The van der Waals surface area contributed by atoms with E-state index < -0.39 is 55.4 Å². The summed E-state index contributed by atoms with van der Waals surface area (Å²) in [5, 5.41) is 6.77. The second-order valence-electron chi connectivity index (χ2n) is 14.1. The van der Waals surface area contributed by atoms with Crippen molar-refractivity contribution in [3.05, 3.63) is 101 Å². The summed E-state index contributed by atoms with van der Waals surface area (Å²) in [5.74, 6) is -2.72. The Morgan fingerprint density at radius 1 is 1.02 bits per heavy atom. The van der Waals surface area contributed by atoms with Crippen LogP contribution in [0.15, 0.2) is 79.0 Å². The van der Waals surface area contributed by atoms with Crippen LogP contribution in [0.3, 0.4) is 0 Å². The largest absolute Gasteiger partial charge is 0.480 e. The number of hydrogen-bond acceptors (Lipinski definition) is 6. The molecule has 5 rings (SSSR count). The Bertz CT molecular complexity index is 1930. The van der Waals surface area contributed by atoms with Crippen LogP contribution in [0.4, 0.5) is 33.7 Å². The molecule has 15 heteroatoms. The van der Waals surface area contributed by atoms with Crippen molar-refractivity contribution in [3.8, 4) is 11.6 Å². The van der Waals surface area contributed by atoms with Crippen LogP contribution in [0.5, 0.6) is 11.6 Å². The summed E-state index contributed by atoms with van der Waals surface area (Å²) in [4.78, 5) is 32.8. The average molecular weight is 787 g/mol. The van der Waals surface area contributed by atoms with Gasteiger partial charge in [0.15, 0.2) is 6.10 Å². The third kappa shape index (κ3) is 8.50. The van der Waals surface area contributed by atoms with Crippen molar-refractivity contribution in [2.45, 2.75) is 70.8 Å². The molecule has 0 saturated carbocycles. The molecule has 0 aliphatic carbocycles. The van der Waals surface area contributed by atoms with E-state index >= 15 is 4.39 Å². The van der Waals surface area contributed by atoms with Gasteiger partial charge in [0.2, 0.25) is 5.88 Å². The van der Waals surface area contributed by atoms with Crippen molar-refractivity contribution >= 4 is 53.6 Å². The highest BCUT2D eigenvalue weighted by molar-refractivity contribution is 6.99. The van der Waals surface area contributed by atoms with Crippen LogP contribution in [-0.2, 0) is 4.43 Å². The minimum atomic E-state index is -4.82. The zero-order valence-corrected chi connectivity index (χ0v) is 32.6. The van der Waals surface area contributed by atoms with Crippen LogP contribution >= 0.6 is 11.6 Å². The maximum absolute atomic E-state index is 15.8. The molecule has 1 aromatic heterocycles. The van der Waals surface area contributed by atoms with E-state index in [0.717, 1.165) is 23.4 Å². The summed E-state index contributed by atoms with van der Waals surface area (Å²) in [6.07, 6.45) is -4.56. The van der Waals surface area contributed by atoms with E-state index in [0.29, 0.717) is 31.0 Å². The Labute approximate surface area is 318 Å². The molecule has 54 heavy (non-hydrogen) atoms. The van der Waals surface area contributed by atoms with Crippen molar-refractivity contribution in [3.63, 3.8) is 0 Å². The van der Waals surface area contributed by atoms with E-state index in [1.165, 1.54) is 13.3 Å². The van der Waals surface area contributed by atoms with E-state index in [1.54, 1.807) is 11.8 Å². The molecule has 4 aromatic rings. The average Bonchev–Trinajstić information content (AvgIpc) is 3.60. The lowest BCUT2D eigenvalue weighted by molar-refractivity contribution is -0.189. The lowest BCUT2D eigenvalue weighted by Crippen LogP contribution is -2.67. The van der Waals surface area contributed by atoms with E-state index in [9.17, 15) is 22.8 Å². The number of ether oxygens (including phenoxy) is 2. The van der Waals surface area contributed by atoms with Crippen LogP contribution in [0, 0.1) is 12.7 Å².